The minimum Gasteiger partial charge on any atom is -0.492 e. The van der Waals surface area contributed by atoms with Crippen LogP contribution in [0.3, 0.4) is 0 Å². The average molecular weight is 291 g/mol. The molecule has 0 radical (unpaired) electrons. The van der Waals surface area contributed by atoms with Crippen molar-refractivity contribution >= 4 is 5.97 Å². The van der Waals surface area contributed by atoms with Crippen molar-refractivity contribution in [3.05, 3.63) is 29.8 Å². The number of carboxylic acid groups (broad SMARTS) is 1. The van der Waals surface area contributed by atoms with Crippen molar-refractivity contribution in [2.45, 2.75) is 13.1 Å². The standard InChI is InChI=1S/C13H16F3NO3/c1-10-4-2-3-5-11(10)20-7-6-17(8-12(18)19)9-13(14,15)16/h2-5H,6-9H2,1H3,(H,18,19). The first-order chi connectivity index (χ1) is 9.28. The van der Waals surface area contributed by atoms with Crippen LogP contribution in [0.4, 0.5) is 13.2 Å². The van der Waals surface area contributed by atoms with E-state index in [1.807, 2.05) is 19.1 Å². The summed E-state index contributed by atoms with van der Waals surface area (Å²) in [6.07, 6.45) is -4.43. The number of carbonyl (C=O) groups is 1. The number of hydrogen-bond acceptors (Lipinski definition) is 3. The molecule has 0 spiro atoms. The second kappa shape index (κ2) is 7.14. The fraction of sp³-hybridized carbons (Fsp3) is 0.462. The molecule has 0 atom stereocenters. The Morgan fingerprint density at radius 2 is 2.00 bits per heavy atom. The van der Waals surface area contributed by atoms with Crippen molar-refractivity contribution in [1.29, 1.82) is 0 Å². The highest BCUT2D eigenvalue weighted by atomic mass is 19.4. The van der Waals surface area contributed by atoms with Crippen LogP contribution < -0.4 is 4.74 Å². The molecule has 0 aliphatic carbocycles. The lowest BCUT2D eigenvalue weighted by molar-refractivity contribution is -0.154. The third-order valence-electron chi connectivity index (χ3n) is 2.52. The number of halogens is 3. The maximum Gasteiger partial charge on any atom is 0.401 e. The van der Waals surface area contributed by atoms with Crippen LogP contribution in [0, 0.1) is 6.92 Å². The summed E-state index contributed by atoms with van der Waals surface area (Å²) in [5, 5.41) is 8.59. The van der Waals surface area contributed by atoms with Gasteiger partial charge in [0.25, 0.3) is 0 Å². The topological polar surface area (TPSA) is 49.8 Å². The van der Waals surface area contributed by atoms with Crippen LogP contribution in [0.5, 0.6) is 5.75 Å². The van der Waals surface area contributed by atoms with Gasteiger partial charge in [0.2, 0.25) is 0 Å². The van der Waals surface area contributed by atoms with Crippen LogP contribution in [-0.2, 0) is 4.79 Å². The fourth-order valence-electron chi connectivity index (χ4n) is 1.66. The van der Waals surface area contributed by atoms with Gasteiger partial charge in [0, 0.05) is 6.54 Å². The van der Waals surface area contributed by atoms with Gasteiger partial charge < -0.3 is 9.84 Å². The zero-order chi connectivity index (χ0) is 15.2. The highest BCUT2D eigenvalue weighted by Crippen LogP contribution is 2.18. The summed E-state index contributed by atoms with van der Waals surface area (Å²) in [7, 11) is 0. The minimum absolute atomic E-state index is 0.00574. The second-order valence-electron chi connectivity index (χ2n) is 4.33. The van der Waals surface area contributed by atoms with Crippen LogP contribution >= 0.6 is 0 Å². The first-order valence-corrected chi connectivity index (χ1v) is 5.97. The zero-order valence-corrected chi connectivity index (χ0v) is 11.0. The molecule has 7 heteroatoms. The molecule has 112 valence electrons. The van der Waals surface area contributed by atoms with Gasteiger partial charge in [-0.25, -0.2) is 0 Å². The van der Waals surface area contributed by atoms with E-state index in [0.29, 0.717) is 5.75 Å². The van der Waals surface area contributed by atoms with Crippen molar-refractivity contribution in [2.24, 2.45) is 0 Å². The number of nitrogens with zero attached hydrogens (tertiary/aromatic N) is 1. The Balaban J connectivity index is 2.50. The van der Waals surface area contributed by atoms with Crippen molar-refractivity contribution in [1.82, 2.24) is 4.90 Å². The number of para-hydroxylation sites is 1. The molecule has 0 saturated heterocycles. The van der Waals surface area contributed by atoms with Gasteiger partial charge in [0.1, 0.15) is 12.4 Å². The lowest BCUT2D eigenvalue weighted by atomic mass is 10.2. The van der Waals surface area contributed by atoms with Gasteiger partial charge in [0.15, 0.2) is 0 Å². The lowest BCUT2D eigenvalue weighted by Crippen LogP contribution is -2.40. The number of aryl methyl sites for hydroxylation is 1. The molecular formula is C13H16F3NO3. The van der Waals surface area contributed by atoms with Gasteiger partial charge in [0.05, 0.1) is 13.1 Å². The molecular weight excluding hydrogens is 275 g/mol. The molecule has 0 aliphatic heterocycles. The summed E-state index contributed by atoms with van der Waals surface area (Å²) in [5.41, 5.74) is 0.869. The Morgan fingerprint density at radius 3 is 2.55 bits per heavy atom. The highest BCUT2D eigenvalue weighted by Gasteiger charge is 2.31. The summed E-state index contributed by atoms with van der Waals surface area (Å²) in [4.78, 5) is 11.3. The number of aliphatic carboxylic acids is 1. The molecule has 1 N–H and O–H groups in total. The van der Waals surface area contributed by atoms with Gasteiger partial charge in [-0.05, 0) is 18.6 Å². The molecule has 0 aromatic heterocycles. The van der Waals surface area contributed by atoms with E-state index in [-0.39, 0.29) is 13.2 Å². The first-order valence-electron chi connectivity index (χ1n) is 5.97. The molecule has 0 heterocycles. The van der Waals surface area contributed by atoms with Crippen LogP contribution in [0.15, 0.2) is 24.3 Å². The van der Waals surface area contributed by atoms with Gasteiger partial charge in [-0.2, -0.15) is 13.2 Å². The van der Waals surface area contributed by atoms with Crippen LogP contribution in [0.25, 0.3) is 0 Å². The molecule has 0 fully saturated rings. The van der Waals surface area contributed by atoms with Crippen LogP contribution in [-0.4, -0.2) is 48.4 Å². The maximum atomic E-state index is 12.3. The van der Waals surface area contributed by atoms with E-state index in [1.54, 1.807) is 12.1 Å². The van der Waals surface area contributed by atoms with Crippen molar-refractivity contribution in [3.8, 4) is 5.75 Å². The summed E-state index contributed by atoms with van der Waals surface area (Å²) >= 11 is 0. The lowest BCUT2D eigenvalue weighted by Gasteiger charge is -2.21. The summed E-state index contributed by atoms with van der Waals surface area (Å²) in [6.45, 7) is -0.235. The van der Waals surface area contributed by atoms with E-state index < -0.39 is 25.2 Å². The molecule has 1 aromatic carbocycles. The third-order valence-corrected chi connectivity index (χ3v) is 2.52. The minimum atomic E-state index is -4.43. The Labute approximate surface area is 114 Å². The Morgan fingerprint density at radius 1 is 1.35 bits per heavy atom. The van der Waals surface area contributed by atoms with Crippen LogP contribution in [0.2, 0.25) is 0 Å². The van der Waals surface area contributed by atoms with E-state index in [9.17, 15) is 18.0 Å². The Bertz CT molecular complexity index is 449. The Kier molecular flexibility index (Phi) is 5.82. The van der Waals surface area contributed by atoms with E-state index in [4.69, 9.17) is 9.84 Å². The Hall–Kier alpha value is -1.76. The predicted octanol–water partition coefficient (Wildman–Crippen LogP) is 2.32. The number of rotatable bonds is 7. The van der Waals surface area contributed by atoms with Gasteiger partial charge in [-0.15, -0.1) is 0 Å². The molecule has 0 amide bonds. The molecule has 0 bridgehead atoms. The normalized spacial score (nSPS) is 11.7. The maximum absolute atomic E-state index is 12.3. The quantitative estimate of drug-likeness (QED) is 0.837. The van der Waals surface area contributed by atoms with Crippen molar-refractivity contribution in [2.75, 3.05) is 26.2 Å². The molecule has 0 aliphatic rings. The van der Waals surface area contributed by atoms with Crippen molar-refractivity contribution < 1.29 is 27.8 Å². The summed E-state index contributed by atoms with van der Waals surface area (Å²) in [6, 6.07) is 7.11. The smallest absolute Gasteiger partial charge is 0.401 e. The average Bonchev–Trinajstić information content (AvgIpc) is 2.28. The number of carboxylic acids is 1. The fourth-order valence-corrected chi connectivity index (χ4v) is 1.66. The predicted molar refractivity (Wildman–Crippen MR) is 66.8 cm³/mol. The summed E-state index contributed by atoms with van der Waals surface area (Å²) in [5.74, 6) is -0.722. The molecule has 4 nitrogen and oxygen atoms in total. The number of benzene rings is 1. The second-order valence-corrected chi connectivity index (χ2v) is 4.33. The first kappa shape index (κ1) is 16.3. The molecule has 20 heavy (non-hydrogen) atoms. The SMILES string of the molecule is Cc1ccccc1OCCN(CC(=O)O)CC(F)(F)F. The van der Waals surface area contributed by atoms with E-state index in [2.05, 4.69) is 0 Å². The van der Waals surface area contributed by atoms with Crippen LogP contribution in [0.1, 0.15) is 5.56 Å². The molecule has 0 saturated carbocycles. The van der Waals surface area contributed by atoms with E-state index >= 15 is 0 Å². The van der Waals surface area contributed by atoms with E-state index in [1.165, 1.54) is 0 Å². The van der Waals surface area contributed by atoms with Crippen molar-refractivity contribution in [3.63, 3.8) is 0 Å². The molecule has 0 unspecified atom stereocenters. The largest absolute Gasteiger partial charge is 0.492 e. The van der Waals surface area contributed by atoms with Gasteiger partial charge in [-0.1, -0.05) is 18.2 Å². The summed E-state index contributed by atoms with van der Waals surface area (Å²) < 4.78 is 42.2. The van der Waals surface area contributed by atoms with E-state index in [0.717, 1.165) is 10.5 Å². The number of alkyl halides is 3. The van der Waals surface area contributed by atoms with Gasteiger partial charge >= 0.3 is 12.1 Å². The number of hydrogen-bond donors (Lipinski definition) is 1. The number of ether oxygens (including phenoxy) is 1. The highest BCUT2D eigenvalue weighted by molar-refractivity contribution is 5.69. The molecule has 1 aromatic rings. The van der Waals surface area contributed by atoms with Gasteiger partial charge in [-0.3, -0.25) is 9.69 Å². The zero-order valence-electron chi connectivity index (χ0n) is 11.0. The third kappa shape index (κ3) is 6.42. The molecule has 1 rings (SSSR count). The monoisotopic (exact) mass is 291 g/mol.